The monoisotopic (exact) mass is 1150 g/mol. The van der Waals surface area contributed by atoms with Gasteiger partial charge in [-0.3, -0.25) is 57.5 Å². The fourth-order valence-corrected chi connectivity index (χ4v) is 7.88. The number of carbonyl (C=O) groups excluding carboxylic acids is 9. The molecule has 10 atom stereocenters. The summed E-state index contributed by atoms with van der Waals surface area (Å²) in [5, 5.41) is 69.5. The van der Waals surface area contributed by atoms with Crippen molar-refractivity contribution in [3.63, 3.8) is 0 Å². The van der Waals surface area contributed by atoms with Gasteiger partial charge in [0.15, 0.2) is 0 Å². The van der Waals surface area contributed by atoms with E-state index in [0.29, 0.717) is 16.5 Å². The van der Waals surface area contributed by atoms with E-state index in [1.165, 1.54) is 47.7 Å². The van der Waals surface area contributed by atoms with Crippen LogP contribution in [0, 0.1) is 17.8 Å². The smallest absolute Gasteiger partial charge is 0.327 e. The number of para-hydroxylation sites is 1. The third kappa shape index (κ3) is 21.7. The van der Waals surface area contributed by atoms with Gasteiger partial charge in [-0.05, 0) is 35.8 Å². The Morgan fingerprint density at radius 3 is 1.30 bits per heavy atom. The van der Waals surface area contributed by atoms with E-state index in [1.54, 1.807) is 24.3 Å². The maximum Gasteiger partial charge on any atom is 0.327 e. The fraction of sp³-hybridized carbons (Fsp3) is 0.562. The largest absolute Gasteiger partial charge is 0.481 e. The average molecular weight is 1150 g/mol. The zero-order valence-corrected chi connectivity index (χ0v) is 45.9. The van der Waals surface area contributed by atoms with Gasteiger partial charge in [-0.1, -0.05) is 59.7 Å². The molecule has 2 rings (SSSR count). The fourth-order valence-electron chi connectivity index (χ4n) is 7.47. The summed E-state index contributed by atoms with van der Waals surface area (Å²) in [4.78, 5) is 173. The minimum Gasteiger partial charge on any atom is -0.481 e. The van der Waals surface area contributed by atoms with Gasteiger partial charge in [0, 0.05) is 41.4 Å². The molecule has 438 valence electrons. The van der Waals surface area contributed by atoms with E-state index < -0.39 is 188 Å². The second-order valence-electron chi connectivity index (χ2n) is 19.2. The number of benzene rings is 1. The molecule has 17 N–H and O–H groups in total. The predicted octanol–water partition coefficient (Wildman–Crippen LogP) is -3.88. The molecular formula is C48H71N11O18S2. The van der Waals surface area contributed by atoms with Crippen LogP contribution in [0.15, 0.2) is 30.5 Å². The number of aliphatic hydroxyl groups excluding tert-OH is 1. The molecule has 0 saturated carbocycles. The van der Waals surface area contributed by atoms with Crippen LogP contribution in [0.2, 0.25) is 0 Å². The molecule has 0 spiro atoms. The number of hydrogen-bond acceptors (Lipinski definition) is 17. The Bertz CT molecular complexity index is 2550. The van der Waals surface area contributed by atoms with Gasteiger partial charge in [-0.25, -0.2) is 4.79 Å². The van der Waals surface area contributed by atoms with Crippen molar-refractivity contribution < 1.29 is 87.9 Å². The predicted molar refractivity (Wildman–Crippen MR) is 286 cm³/mol. The number of fused-ring (bicyclic) bond motifs is 1. The lowest BCUT2D eigenvalue weighted by molar-refractivity contribution is -0.142. The van der Waals surface area contributed by atoms with Crippen molar-refractivity contribution in [1.82, 2.24) is 52.8 Å². The quantitative estimate of drug-likeness (QED) is 0.0298. The molecule has 79 heavy (non-hydrogen) atoms. The average Bonchev–Trinajstić information content (AvgIpc) is 3.78. The maximum atomic E-state index is 14.5. The Morgan fingerprint density at radius 1 is 0.494 bits per heavy atom. The number of aliphatic carboxylic acids is 4. The molecule has 2 aromatic rings. The Morgan fingerprint density at radius 2 is 0.886 bits per heavy atom. The summed E-state index contributed by atoms with van der Waals surface area (Å²) >= 11 is 7.78. The number of amides is 9. The minimum absolute atomic E-state index is 0.166. The summed E-state index contributed by atoms with van der Waals surface area (Å²) in [7, 11) is 0. The van der Waals surface area contributed by atoms with Crippen LogP contribution in [0.25, 0.3) is 10.9 Å². The number of carbonyl (C=O) groups is 13. The Balaban J connectivity index is 2.52. The number of hydrogen-bond donors (Lipinski definition) is 18. The first-order valence-electron chi connectivity index (χ1n) is 24.7. The summed E-state index contributed by atoms with van der Waals surface area (Å²) in [6, 6.07) is -9.35. The zero-order valence-electron chi connectivity index (χ0n) is 44.1. The molecule has 1 heterocycles. The van der Waals surface area contributed by atoms with Crippen molar-refractivity contribution in [3.8, 4) is 0 Å². The highest BCUT2D eigenvalue weighted by atomic mass is 32.1. The second kappa shape index (κ2) is 32.4. The highest BCUT2D eigenvalue weighted by Gasteiger charge is 2.38. The standard InChI is InChI=1S/C48H71N11O18S2/c1-20(2)36(58-42(70)29(14-34(63)64)52-39(67)25(49)18-78)45(73)51-27(11-12-33(61)62)40(68)53-28(13-23-16-50-26-10-8-7-9-24(23)26)41(69)57-37(21(3)4)46(74)54-30(15-35(65)66)43(71)59-38(22(5)6)47(75)55-31(17-60)44(72)56-32(19-79)48(76)77/h7-10,16,20-22,25,27-32,36-38,50,60,78-79H,11-15,17-19,49H2,1-6H3,(H,51,73)(H,52,67)(H,53,68)(H,54,74)(H,55,75)(H,56,72)(H,57,69)(H,58,70)(H,59,71)(H,61,62)(H,63,64)(H,65,66)(H,76,77)/t25-,27-,28-,29-,30-,31-,32-,36-,37-,38-/m0/s1. The molecule has 1 aromatic heterocycles. The molecule has 1 aromatic carbocycles. The van der Waals surface area contributed by atoms with Crippen LogP contribution < -0.4 is 53.6 Å². The lowest BCUT2D eigenvalue weighted by Gasteiger charge is -2.29. The lowest BCUT2D eigenvalue weighted by atomic mass is 9.99. The van der Waals surface area contributed by atoms with Gasteiger partial charge < -0.3 is 84.1 Å². The van der Waals surface area contributed by atoms with Crippen LogP contribution >= 0.6 is 25.3 Å². The molecule has 0 bridgehead atoms. The zero-order chi connectivity index (χ0) is 60.0. The maximum absolute atomic E-state index is 14.5. The molecule has 29 nitrogen and oxygen atoms in total. The molecule has 9 amide bonds. The van der Waals surface area contributed by atoms with E-state index >= 15 is 0 Å². The number of carboxylic acid groups (broad SMARTS) is 4. The Labute approximate surface area is 464 Å². The molecule has 31 heteroatoms. The van der Waals surface area contributed by atoms with Gasteiger partial charge >= 0.3 is 23.9 Å². The first-order valence-corrected chi connectivity index (χ1v) is 26.0. The van der Waals surface area contributed by atoms with E-state index in [4.69, 9.17) is 5.73 Å². The molecule has 0 aliphatic carbocycles. The van der Waals surface area contributed by atoms with E-state index in [-0.39, 0.29) is 17.9 Å². The molecular weight excluding hydrogens is 1080 g/mol. The third-order valence-corrected chi connectivity index (χ3v) is 12.7. The summed E-state index contributed by atoms with van der Waals surface area (Å²) < 4.78 is 0. The number of aromatic amines is 1. The van der Waals surface area contributed by atoms with Gasteiger partial charge in [-0.15, -0.1) is 0 Å². The highest BCUT2D eigenvalue weighted by Crippen LogP contribution is 2.20. The number of nitrogens with one attached hydrogen (secondary N) is 10. The van der Waals surface area contributed by atoms with Crippen molar-refractivity contribution in [2.24, 2.45) is 23.5 Å². The molecule has 0 aliphatic rings. The van der Waals surface area contributed by atoms with Gasteiger partial charge in [0.25, 0.3) is 0 Å². The number of aromatic nitrogens is 1. The topological polar surface area (TPSA) is 473 Å². The van der Waals surface area contributed by atoms with E-state index in [0.717, 1.165) is 0 Å². The van der Waals surface area contributed by atoms with E-state index in [1.807, 2.05) is 0 Å². The van der Waals surface area contributed by atoms with Crippen molar-refractivity contribution in [2.45, 2.75) is 134 Å². The molecule has 0 saturated heterocycles. The van der Waals surface area contributed by atoms with E-state index in [2.05, 4.69) is 78.1 Å². The van der Waals surface area contributed by atoms with Crippen molar-refractivity contribution in [2.75, 3.05) is 18.1 Å². The normalized spacial score (nSPS) is 15.1. The molecule has 0 radical (unpaired) electrons. The number of aliphatic hydroxyl groups is 1. The van der Waals surface area contributed by atoms with Crippen LogP contribution in [0.5, 0.6) is 0 Å². The van der Waals surface area contributed by atoms with Crippen molar-refractivity contribution in [1.29, 1.82) is 0 Å². The van der Waals surface area contributed by atoms with Gasteiger partial charge in [0.1, 0.15) is 54.4 Å². The number of nitrogens with two attached hydrogens (primary N) is 1. The number of thiol groups is 2. The number of H-pyrrole nitrogens is 1. The summed E-state index contributed by atoms with van der Waals surface area (Å²) in [6.45, 7) is 7.81. The summed E-state index contributed by atoms with van der Waals surface area (Å²) in [5.74, 6) is -18.7. The lowest BCUT2D eigenvalue weighted by Crippen LogP contribution is -2.62. The number of rotatable bonds is 34. The SMILES string of the molecule is CC(C)[C@H](NC(=O)[C@H](CC(=O)O)NC(=O)[C@@H](NC(=O)[C@H](Cc1c[nH]c2ccccc12)NC(=O)[C@H](CCC(=O)O)NC(=O)[C@@H](NC(=O)[C@H](CC(=O)O)NC(=O)[C@@H](N)CS)C(C)C)C(C)C)C(=O)N[C@@H](CO)C(=O)N[C@@H](CS)C(=O)O. The van der Waals surface area contributed by atoms with Crippen LogP contribution in [0.1, 0.15) is 72.8 Å². The van der Waals surface area contributed by atoms with Crippen LogP contribution in [-0.4, -0.2) is 186 Å². The van der Waals surface area contributed by atoms with Gasteiger partial charge in [0.2, 0.25) is 53.2 Å². The Kier molecular flexibility index (Phi) is 27.7. The van der Waals surface area contributed by atoms with Crippen LogP contribution in [0.4, 0.5) is 0 Å². The second-order valence-corrected chi connectivity index (χ2v) is 20.0. The summed E-state index contributed by atoms with van der Waals surface area (Å²) in [5.41, 5.74) is 6.74. The highest BCUT2D eigenvalue weighted by molar-refractivity contribution is 7.80. The van der Waals surface area contributed by atoms with Gasteiger partial charge in [-0.2, -0.15) is 25.3 Å². The molecule has 0 aliphatic heterocycles. The minimum atomic E-state index is -1.93. The van der Waals surface area contributed by atoms with Crippen molar-refractivity contribution >= 4 is 113 Å². The van der Waals surface area contributed by atoms with Crippen LogP contribution in [-0.2, 0) is 68.7 Å². The van der Waals surface area contributed by atoms with Crippen LogP contribution in [0.3, 0.4) is 0 Å². The first kappa shape index (κ1) is 67.6. The molecule has 0 unspecified atom stereocenters. The third-order valence-electron chi connectivity index (χ3n) is 11.9. The first-order chi connectivity index (χ1) is 36.9. The summed E-state index contributed by atoms with van der Waals surface area (Å²) in [6.07, 6.45) is -2.09. The Hall–Kier alpha value is -7.51. The number of carboxylic acids is 4. The van der Waals surface area contributed by atoms with E-state index in [9.17, 15) is 87.9 Å². The molecule has 0 fully saturated rings. The van der Waals surface area contributed by atoms with Gasteiger partial charge in [0.05, 0.1) is 25.5 Å². The van der Waals surface area contributed by atoms with Crippen molar-refractivity contribution in [3.05, 3.63) is 36.0 Å².